The lowest BCUT2D eigenvalue weighted by atomic mass is 9.87. The molecule has 5 nitrogen and oxygen atoms in total. The van der Waals surface area contributed by atoms with Crippen LogP contribution in [0.3, 0.4) is 0 Å². The van der Waals surface area contributed by atoms with E-state index in [9.17, 15) is 0 Å². The van der Waals surface area contributed by atoms with Crippen LogP contribution in [-0.4, -0.2) is 19.5 Å². The molecule has 8 heteroatoms. The molecular weight excluding hydrogens is 503 g/mol. The predicted octanol–water partition coefficient (Wildman–Crippen LogP) is 7.89. The number of halogens is 3. The number of aromatic amines is 1. The molecule has 0 saturated heterocycles. The molecule has 1 aliphatic rings. The van der Waals surface area contributed by atoms with Crippen molar-refractivity contribution >= 4 is 45.7 Å². The largest absolute Gasteiger partial charge is 0.473 e. The molecule has 1 atom stereocenters. The SMILES string of the molecule is Clc1ccc(Cl)c(COc2cc3c(-c4cncn4C4CCCc5c(Cl)cccc54)c[nH]c3cn2)c1. The van der Waals surface area contributed by atoms with Gasteiger partial charge in [-0.3, -0.25) is 0 Å². The molecule has 2 aromatic carbocycles. The van der Waals surface area contributed by atoms with Gasteiger partial charge in [-0.05, 0) is 54.7 Å². The molecule has 0 saturated carbocycles. The fourth-order valence-corrected chi connectivity index (χ4v) is 5.57. The fraction of sp³-hybridized carbons (Fsp3) is 0.185. The van der Waals surface area contributed by atoms with Gasteiger partial charge in [-0.2, -0.15) is 0 Å². The van der Waals surface area contributed by atoms with Gasteiger partial charge in [0.25, 0.3) is 0 Å². The van der Waals surface area contributed by atoms with Crippen LogP contribution >= 0.6 is 34.8 Å². The molecule has 5 aromatic rings. The smallest absolute Gasteiger partial charge is 0.214 e. The monoisotopic (exact) mass is 522 g/mol. The van der Waals surface area contributed by atoms with Crippen molar-refractivity contribution in [1.82, 2.24) is 19.5 Å². The number of fused-ring (bicyclic) bond motifs is 2. The van der Waals surface area contributed by atoms with Crippen molar-refractivity contribution in [3.05, 3.63) is 99.1 Å². The molecule has 0 bridgehead atoms. The third-order valence-corrected chi connectivity index (χ3v) is 7.58. The van der Waals surface area contributed by atoms with E-state index in [-0.39, 0.29) is 12.6 Å². The van der Waals surface area contributed by atoms with Gasteiger partial charge in [0, 0.05) is 43.8 Å². The van der Waals surface area contributed by atoms with Crippen LogP contribution in [0.25, 0.3) is 22.2 Å². The lowest BCUT2D eigenvalue weighted by molar-refractivity contribution is 0.294. The van der Waals surface area contributed by atoms with Crippen LogP contribution in [-0.2, 0) is 13.0 Å². The molecule has 0 spiro atoms. The maximum Gasteiger partial charge on any atom is 0.214 e. The summed E-state index contributed by atoms with van der Waals surface area (Å²) in [4.78, 5) is 12.3. The second-order valence-electron chi connectivity index (χ2n) is 8.70. The van der Waals surface area contributed by atoms with E-state index in [2.05, 4.69) is 25.6 Å². The number of imidazole rings is 1. The molecule has 1 aliphatic carbocycles. The van der Waals surface area contributed by atoms with Gasteiger partial charge in [0.2, 0.25) is 5.88 Å². The molecule has 35 heavy (non-hydrogen) atoms. The summed E-state index contributed by atoms with van der Waals surface area (Å²) in [6, 6.07) is 13.6. The Balaban J connectivity index is 1.35. The number of rotatable bonds is 5. The van der Waals surface area contributed by atoms with Gasteiger partial charge in [-0.15, -0.1) is 0 Å². The number of benzene rings is 2. The highest BCUT2D eigenvalue weighted by Crippen LogP contribution is 2.40. The van der Waals surface area contributed by atoms with Gasteiger partial charge in [0.15, 0.2) is 0 Å². The van der Waals surface area contributed by atoms with E-state index in [0.29, 0.717) is 15.9 Å². The molecule has 0 aliphatic heterocycles. The van der Waals surface area contributed by atoms with Crippen molar-refractivity contribution in [3.63, 3.8) is 0 Å². The molecule has 3 heterocycles. The van der Waals surface area contributed by atoms with E-state index in [1.807, 2.05) is 36.9 Å². The van der Waals surface area contributed by atoms with Gasteiger partial charge in [0.05, 0.1) is 36.0 Å². The molecule has 1 unspecified atom stereocenters. The molecule has 0 fully saturated rings. The standard InChI is InChI=1S/C27H21Cl3N4O/c28-17-7-8-22(29)16(9-17)14-35-27-10-20-21(11-32-24(20)12-33-27)26-13-31-15-34(26)25-6-2-3-18-19(25)4-1-5-23(18)30/h1,4-5,7-13,15,25,32H,2-3,6,14H2. The number of nitrogens with one attached hydrogen (secondary N) is 1. The van der Waals surface area contributed by atoms with Crippen LogP contribution in [0, 0.1) is 0 Å². The minimum absolute atomic E-state index is 0.183. The maximum absolute atomic E-state index is 6.53. The zero-order chi connectivity index (χ0) is 23.9. The van der Waals surface area contributed by atoms with Gasteiger partial charge < -0.3 is 14.3 Å². The van der Waals surface area contributed by atoms with E-state index in [4.69, 9.17) is 39.5 Å². The predicted molar refractivity (Wildman–Crippen MR) is 141 cm³/mol. The highest BCUT2D eigenvalue weighted by molar-refractivity contribution is 6.33. The summed E-state index contributed by atoms with van der Waals surface area (Å²) in [5.41, 5.74) is 6.32. The summed E-state index contributed by atoms with van der Waals surface area (Å²) >= 11 is 18.9. The molecule has 0 amide bonds. The van der Waals surface area contributed by atoms with E-state index in [1.54, 1.807) is 24.4 Å². The first-order valence-electron chi connectivity index (χ1n) is 11.4. The Labute approximate surface area is 217 Å². The van der Waals surface area contributed by atoms with E-state index in [1.165, 1.54) is 11.1 Å². The average molecular weight is 524 g/mol. The Kier molecular flexibility index (Phi) is 5.93. The number of nitrogens with zero attached hydrogens (tertiary/aromatic N) is 3. The molecule has 3 aromatic heterocycles. The Morgan fingerprint density at radius 3 is 2.89 bits per heavy atom. The molecular formula is C27H21Cl3N4O. The van der Waals surface area contributed by atoms with Crippen molar-refractivity contribution in [2.45, 2.75) is 31.9 Å². The number of aromatic nitrogens is 4. The first-order chi connectivity index (χ1) is 17.1. The van der Waals surface area contributed by atoms with Crippen LogP contribution < -0.4 is 4.74 Å². The summed E-state index contributed by atoms with van der Waals surface area (Å²) in [5.74, 6) is 0.509. The number of H-pyrrole nitrogens is 1. The van der Waals surface area contributed by atoms with Crippen LogP contribution in [0.1, 0.15) is 35.6 Å². The first-order valence-corrected chi connectivity index (χ1v) is 12.5. The zero-order valence-corrected chi connectivity index (χ0v) is 20.9. The third kappa shape index (κ3) is 4.18. The number of hydrogen-bond acceptors (Lipinski definition) is 3. The molecule has 0 radical (unpaired) electrons. The van der Waals surface area contributed by atoms with Gasteiger partial charge in [0.1, 0.15) is 6.61 Å². The molecule has 176 valence electrons. The number of pyridine rings is 1. The van der Waals surface area contributed by atoms with Crippen molar-refractivity contribution < 1.29 is 4.74 Å². The Bertz CT molecular complexity index is 1540. The van der Waals surface area contributed by atoms with Gasteiger partial charge in [-0.25, -0.2) is 9.97 Å². The Hall–Kier alpha value is -2.99. The minimum Gasteiger partial charge on any atom is -0.473 e. The average Bonchev–Trinajstić information content (AvgIpc) is 3.51. The quantitative estimate of drug-likeness (QED) is 0.255. The second kappa shape index (κ2) is 9.23. The zero-order valence-electron chi connectivity index (χ0n) is 18.6. The Morgan fingerprint density at radius 2 is 1.97 bits per heavy atom. The van der Waals surface area contributed by atoms with Crippen molar-refractivity contribution in [2.24, 2.45) is 0 Å². The summed E-state index contributed by atoms with van der Waals surface area (Å²) in [6.45, 7) is 0.273. The normalized spacial score (nSPS) is 15.3. The minimum atomic E-state index is 0.183. The number of ether oxygens (including phenoxy) is 1. The summed E-state index contributed by atoms with van der Waals surface area (Å²) in [5, 5.41) is 3.07. The van der Waals surface area contributed by atoms with Crippen LogP contribution in [0.2, 0.25) is 15.1 Å². The lowest BCUT2D eigenvalue weighted by Gasteiger charge is -2.28. The van der Waals surface area contributed by atoms with E-state index in [0.717, 1.165) is 52.0 Å². The van der Waals surface area contributed by atoms with E-state index < -0.39 is 0 Å². The van der Waals surface area contributed by atoms with Gasteiger partial charge >= 0.3 is 0 Å². The summed E-state index contributed by atoms with van der Waals surface area (Å²) in [6.07, 6.45) is 10.7. The number of hydrogen-bond donors (Lipinski definition) is 1. The fourth-order valence-electron chi connectivity index (χ4n) is 4.93. The summed E-state index contributed by atoms with van der Waals surface area (Å²) < 4.78 is 8.23. The van der Waals surface area contributed by atoms with Crippen molar-refractivity contribution in [2.75, 3.05) is 0 Å². The van der Waals surface area contributed by atoms with E-state index >= 15 is 0 Å². The molecule has 1 N–H and O–H groups in total. The maximum atomic E-state index is 6.53. The first kappa shape index (κ1) is 22.5. The lowest BCUT2D eigenvalue weighted by Crippen LogP contribution is -2.17. The van der Waals surface area contributed by atoms with Crippen LogP contribution in [0.4, 0.5) is 0 Å². The highest BCUT2D eigenvalue weighted by Gasteiger charge is 2.25. The van der Waals surface area contributed by atoms with Crippen LogP contribution in [0.5, 0.6) is 5.88 Å². The second-order valence-corrected chi connectivity index (χ2v) is 9.95. The highest BCUT2D eigenvalue weighted by atomic mass is 35.5. The summed E-state index contributed by atoms with van der Waals surface area (Å²) in [7, 11) is 0. The van der Waals surface area contributed by atoms with Gasteiger partial charge in [-0.1, -0.05) is 46.9 Å². The third-order valence-electron chi connectivity index (χ3n) is 6.62. The van der Waals surface area contributed by atoms with Crippen molar-refractivity contribution in [1.29, 1.82) is 0 Å². The Morgan fingerprint density at radius 1 is 1.06 bits per heavy atom. The van der Waals surface area contributed by atoms with Crippen molar-refractivity contribution in [3.8, 4) is 17.1 Å². The van der Waals surface area contributed by atoms with Crippen LogP contribution in [0.15, 0.2) is 67.4 Å². The molecule has 6 rings (SSSR count). The topological polar surface area (TPSA) is 55.7 Å².